The number of hydrogen-bond donors (Lipinski definition) is 1. The summed E-state index contributed by atoms with van der Waals surface area (Å²) in [5, 5.41) is 24.9. The molecule has 0 saturated carbocycles. The molecule has 0 aliphatic rings. The number of rotatable bonds is 1. The van der Waals surface area contributed by atoms with Crippen LogP contribution >= 0.6 is 0 Å². The zero-order chi connectivity index (χ0) is 10.8. The molecule has 15 heavy (non-hydrogen) atoms. The van der Waals surface area contributed by atoms with Gasteiger partial charge in [-0.3, -0.25) is 0 Å². The molecule has 0 saturated heterocycles. The molecule has 1 aromatic heterocycles. The molecule has 0 radical (unpaired) electrons. The molecule has 5 heteroatoms. The number of aromatic hydroxyl groups is 1. The van der Waals surface area contributed by atoms with Gasteiger partial charge in [0.2, 0.25) is 5.82 Å². The highest BCUT2D eigenvalue weighted by molar-refractivity contribution is 5.63. The smallest absolute Gasteiger partial charge is 0.207 e. The largest absolute Gasteiger partial charge is 0.507 e. The van der Waals surface area contributed by atoms with Gasteiger partial charge >= 0.3 is 0 Å². The van der Waals surface area contributed by atoms with E-state index in [-0.39, 0.29) is 5.75 Å². The molecule has 0 atom stereocenters. The lowest BCUT2D eigenvalue weighted by atomic mass is 10.1. The second-order valence-corrected chi connectivity index (χ2v) is 3.29. The molecule has 76 valence electrons. The SMILES string of the molecule is Cc1ccc(O)c(-c2nnc(C)nn2)c1. The summed E-state index contributed by atoms with van der Waals surface area (Å²) < 4.78 is 0. The van der Waals surface area contributed by atoms with Crippen LogP contribution in [0.5, 0.6) is 5.75 Å². The molecule has 1 heterocycles. The van der Waals surface area contributed by atoms with Crippen LogP contribution in [0, 0.1) is 13.8 Å². The topological polar surface area (TPSA) is 71.8 Å². The van der Waals surface area contributed by atoms with Gasteiger partial charge in [-0.2, -0.15) is 0 Å². The number of benzene rings is 1. The van der Waals surface area contributed by atoms with E-state index in [1.54, 1.807) is 19.1 Å². The maximum absolute atomic E-state index is 9.62. The first-order chi connectivity index (χ1) is 7.16. The Morgan fingerprint density at radius 2 is 1.67 bits per heavy atom. The maximum Gasteiger partial charge on any atom is 0.207 e. The van der Waals surface area contributed by atoms with Crippen molar-refractivity contribution >= 4 is 0 Å². The van der Waals surface area contributed by atoms with E-state index in [1.165, 1.54) is 0 Å². The Bertz CT molecular complexity index is 481. The molecule has 0 amide bonds. The van der Waals surface area contributed by atoms with Crippen LogP contribution in [0.25, 0.3) is 11.4 Å². The lowest BCUT2D eigenvalue weighted by Gasteiger charge is -2.02. The third-order valence-electron chi connectivity index (χ3n) is 1.97. The predicted octanol–water partition coefficient (Wildman–Crippen LogP) is 1.26. The first kappa shape index (κ1) is 9.51. The van der Waals surface area contributed by atoms with Crippen LogP contribution in [0.15, 0.2) is 18.2 Å². The van der Waals surface area contributed by atoms with Crippen LogP contribution in [-0.2, 0) is 0 Å². The molecule has 0 spiro atoms. The Balaban J connectivity index is 2.53. The summed E-state index contributed by atoms with van der Waals surface area (Å²) in [7, 11) is 0. The summed E-state index contributed by atoms with van der Waals surface area (Å²) >= 11 is 0. The van der Waals surface area contributed by atoms with Gasteiger partial charge in [0.1, 0.15) is 5.75 Å². The van der Waals surface area contributed by atoms with Crippen molar-refractivity contribution in [3.8, 4) is 17.1 Å². The van der Waals surface area contributed by atoms with Gasteiger partial charge in [0.25, 0.3) is 0 Å². The van der Waals surface area contributed by atoms with Crippen molar-refractivity contribution in [2.45, 2.75) is 13.8 Å². The molecule has 0 unspecified atom stereocenters. The normalized spacial score (nSPS) is 10.3. The van der Waals surface area contributed by atoms with E-state index in [9.17, 15) is 5.11 Å². The second-order valence-electron chi connectivity index (χ2n) is 3.29. The lowest BCUT2D eigenvalue weighted by Crippen LogP contribution is -1.98. The Morgan fingerprint density at radius 1 is 1.00 bits per heavy atom. The van der Waals surface area contributed by atoms with E-state index in [4.69, 9.17) is 0 Å². The van der Waals surface area contributed by atoms with Gasteiger partial charge in [-0.15, -0.1) is 20.4 Å². The molecule has 0 aliphatic carbocycles. The van der Waals surface area contributed by atoms with E-state index < -0.39 is 0 Å². The van der Waals surface area contributed by atoms with Crippen molar-refractivity contribution in [1.29, 1.82) is 0 Å². The Labute approximate surface area is 86.8 Å². The third kappa shape index (κ3) is 1.90. The minimum Gasteiger partial charge on any atom is -0.507 e. The molecule has 0 aliphatic heterocycles. The molecule has 0 fully saturated rings. The minimum atomic E-state index is 0.132. The first-order valence-corrected chi connectivity index (χ1v) is 4.51. The van der Waals surface area contributed by atoms with Crippen LogP contribution < -0.4 is 0 Å². The second kappa shape index (κ2) is 3.61. The number of nitrogens with zero attached hydrogens (tertiary/aromatic N) is 4. The molecular weight excluding hydrogens is 192 g/mol. The van der Waals surface area contributed by atoms with Gasteiger partial charge in [-0.25, -0.2) is 0 Å². The number of hydrogen-bond acceptors (Lipinski definition) is 5. The monoisotopic (exact) mass is 202 g/mol. The van der Waals surface area contributed by atoms with Gasteiger partial charge in [-0.05, 0) is 26.0 Å². The van der Waals surface area contributed by atoms with Gasteiger partial charge in [0.15, 0.2) is 5.82 Å². The van der Waals surface area contributed by atoms with Crippen LogP contribution in [0.4, 0.5) is 0 Å². The predicted molar refractivity (Wildman–Crippen MR) is 54.2 cm³/mol. The Kier molecular flexibility index (Phi) is 2.29. The summed E-state index contributed by atoms with van der Waals surface area (Å²) in [6.45, 7) is 3.64. The standard InChI is InChI=1S/C10H10N4O/c1-6-3-4-9(15)8(5-6)10-13-11-7(2)12-14-10/h3-5,15H,1-2H3. The summed E-state index contributed by atoms with van der Waals surface area (Å²) in [5.41, 5.74) is 1.57. The number of aromatic nitrogens is 4. The molecule has 1 N–H and O–H groups in total. The quantitative estimate of drug-likeness (QED) is 0.753. The summed E-state index contributed by atoms with van der Waals surface area (Å²) in [6.07, 6.45) is 0. The molecule has 2 rings (SSSR count). The van der Waals surface area contributed by atoms with E-state index >= 15 is 0 Å². The van der Waals surface area contributed by atoms with Crippen molar-refractivity contribution in [3.63, 3.8) is 0 Å². The van der Waals surface area contributed by atoms with Gasteiger partial charge in [-0.1, -0.05) is 11.6 Å². The minimum absolute atomic E-state index is 0.132. The zero-order valence-corrected chi connectivity index (χ0v) is 8.47. The van der Waals surface area contributed by atoms with Crippen LogP contribution in [-0.4, -0.2) is 25.5 Å². The maximum atomic E-state index is 9.62. The van der Waals surface area contributed by atoms with Crippen LogP contribution in [0.2, 0.25) is 0 Å². The molecule has 5 nitrogen and oxygen atoms in total. The fraction of sp³-hybridized carbons (Fsp3) is 0.200. The van der Waals surface area contributed by atoms with Crippen molar-refractivity contribution in [1.82, 2.24) is 20.4 Å². The Hall–Kier alpha value is -2.04. The van der Waals surface area contributed by atoms with Gasteiger partial charge in [0, 0.05) is 0 Å². The Morgan fingerprint density at radius 3 is 2.33 bits per heavy atom. The van der Waals surface area contributed by atoms with E-state index in [0.717, 1.165) is 5.56 Å². The molecule has 2 aromatic rings. The van der Waals surface area contributed by atoms with E-state index in [0.29, 0.717) is 17.2 Å². The van der Waals surface area contributed by atoms with Crippen molar-refractivity contribution in [2.75, 3.05) is 0 Å². The molecule has 0 bridgehead atoms. The number of aryl methyl sites for hydroxylation is 2. The van der Waals surface area contributed by atoms with Crippen LogP contribution in [0.1, 0.15) is 11.4 Å². The summed E-state index contributed by atoms with van der Waals surface area (Å²) in [5.74, 6) is 0.973. The summed E-state index contributed by atoms with van der Waals surface area (Å²) in [6, 6.07) is 5.21. The van der Waals surface area contributed by atoms with Crippen LogP contribution in [0.3, 0.4) is 0 Å². The van der Waals surface area contributed by atoms with Crippen molar-refractivity contribution < 1.29 is 5.11 Å². The fourth-order valence-corrected chi connectivity index (χ4v) is 1.22. The highest BCUT2D eigenvalue weighted by atomic mass is 16.3. The van der Waals surface area contributed by atoms with Gasteiger partial charge < -0.3 is 5.11 Å². The highest BCUT2D eigenvalue weighted by Gasteiger charge is 2.08. The summed E-state index contributed by atoms with van der Waals surface area (Å²) in [4.78, 5) is 0. The fourth-order valence-electron chi connectivity index (χ4n) is 1.22. The molecular formula is C10H10N4O. The molecule has 1 aromatic carbocycles. The number of phenols is 1. The lowest BCUT2D eigenvalue weighted by molar-refractivity contribution is 0.476. The average molecular weight is 202 g/mol. The average Bonchev–Trinajstić information content (AvgIpc) is 2.23. The van der Waals surface area contributed by atoms with E-state index in [2.05, 4.69) is 20.4 Å². The highest BCUT2D eigenvalue weighted by Crippen LogP contribution is 2.26. The van der Waals surface area contributed by atoms with E-state index in [1.807, 2.05) is 13.0 Å². The van der Waals surface area contributed by atoms with Crippen molar-refractivity contribution in [3.05, 3.63) is 29.6 Å². The van der Waals surface area contributed by atoms with Gasteiger partial charge in [0.05, 0.1) is 5.56 Å². The zero-order valence-electron chi connectivity index (χ0n) is 8.47. The third-order valence-corrected chi connectivity index (χ3v) is 1.97. The van der Waals surface area contributed by atoms with Crippen molar-refractivity contribution in [2.24, 2.45) is 0 Å². The first-order valence-electron chi connectivity index (χ1n) is 4.51. The number of phenolic OH excluding ortho intramolecular Hbond substituents is 1.